The highest BCUT2D eigenvalue weighted by Gasteiger charge is 2.52. The summed E-state index contributed by atoms with van der Waals surface area (Å²) in [5, 5.41) is 4.94. The molecule has 4 aliphatic rings. The second-order valence-corrected chi connectivity index (χ2v) is 16.0. The second kappa shape index (κ2) is 12.1. The largest absolute Gasteiger partial charge is 0.454 e. The lowest BCUT2D eigenvalue weighted by molar-refractivity contribution is -0.00449. The van der Waals surface area contributed by atoms with Gasteiger partial charge in [0, 0.05) is 38.9 Å². The lowest BCUT2D eigenvalue weighted by Gasteiger charge is -2.57. The fraction of sp³-hybridized carbons (Fsp3) is 0.200. The van der Waals surface area contributed by atoms with E-state index in [1.54, 1.807) is 5.56 Å². The van der Waals surface area contributed by atoms with Crippen molar-refractivity contribution in [2.45, 2.75) is 43.9 Å². The number of para-hydroxylation sites is 4. The maximum Gasteiger partial charge on any atom is 0.159 e. The monoisotopic (exact) mass is 686 g/mol. The molecular weight excluding hydrogens is 645 g/mol. The van der Waals surface area contributed by atoms with Crippen LogP contribution in [0.2, 0.25) is 0 Å². The molecule has 53 heavy (non-hydrogen) atoms. The lowest BCUT2D eigenvalue weighted by Crippen LogP contribution is -2.48. The standard InChI is InChI=1S/C50H42N2O/c1-4-14-37(15-5-1)51(38-16-6-2-7-17-38)47-30-40(29-44-43-22-12-13-23-48(43)53-49(44)47)52(39-18-8-3-9-19-39)46-25-24-45(41-20-10-11-21-42(41)46)50-31-34-26-35(32-50)28-36(27-34)33-50/h1-25,29-30,34-36H,26-28,31-33H2. The van der Waals surface area contributed by atoms with Crippen LogP contribution in [0, 0.1) is 17.8 Å². The minimum Gasteiger partial charge on any atom is -0.454 e. The summed E-state index contributed by atoms with van der Waals surface area (Å²) in [6.45, 7) is 0. The van der Waals surface area contributed by atoms with Crippen molar-refractivity contribution >= 4 is 66.8 Å². The number of nitrogens with zero attached hydrogens (tertiary/aromatic N) is 2. The van der Waals surface area contributed by atoms with Crippen LogP contribution in [0.25, 0.3) is 32.7 Å². The molecule has 3 heteroatoms. The lowest BCUT2D eigenvalue weighted by atomic mass is 9.47. The SMILES string of the molecule is c1ccc(N(c2cc(N(c3ccccc3)c3ccccc3)c3oc4ccccc4c3c2)c2ccc(C34CC5CC(CC(C5)C3)C4)c3ccccc23)cc1. The van der Waals surface area contributed by atoms with Gasteiger partial charge in [0.15, 0.2) is 5.58 Å². The average molecular weight is 687 g/mol. The van der Waals surface area contributed by atoms with Crippen molar-refractivity contribution < 1.29 is 4.42 Å². The van der Waals surface area contributed by atoms with Gasteiger partial charge in [-0.25, -0.2) is 0 Å². The van der Waals surface area contributed by atoms with Crippen LogP contribution in [0.3, 0.4) is 0 Å². The van der Waals surface area contributed by atoms with Gasteiger partial charge < -0.3 is 14.2 Å². The quantitative estimate of drug-likeness (QED) is 0.166. The number of rotatable bonds is 7. The molecule has 0 radical (unpaired) electrons. The van der Waals surface area contributed by atoms with Crippen LogP contribution in [0.15, 0.2) is 168 Å². The molecule has 4 saturated carbocycles. The first kappa shape index (κ1) is 30.8. The smallest absolute Gasteiger partial charge is 0.159 e. The minimum atomic E-state index is 0.304. The molecule has 4 bridgehead atoms. The summed E-state index contributed by atoms with van der Waals surface area (Å²) in [7, 11) is 0. The summed E-state index contributed by atoms with van der Waals surface area (Å²) in [4.78, 5) is 4.82. The number of anilines is 6. The molecule has 0 saturated heterocycles. The van der Waals surface area contributed by atoms with Gasteiger partial charge in [-0.1, -0.05) is 103 Å². The predicted octanol–water partition coefficient (Wildman–Crippen LogP) is 14.1. The number of fused-ring (bicyclic) bond motifs is 4. The van der Waals surface area contributed by atoms with Crippen LogP contribution in [-0.2, 0) is 5.41 Å². The third-order valence-electron chi connectivity index (χ3n) is 12.7. The van der Waals surface area contributed by atoms with Crippen LogP contribution < -0.4 is 9.80 Å². The first-order valence-corrected chi connectivity index (χ1v) is 19.4. The number of furan rings is 1. The van der Waals surface area contributed by atoms with E-state index in [2.05, 4.69) is 174 Å². The predicted molar refractivity (Wildman–Crippen MR) is 220 cm³/mol. The first-order valence-electron chi connectivity index (χ1n) is 19.4. The van der Waals surface area contributed by atoms with E-state index in [0.29, 0.717) is 5.41 Å². The van der Waals surface area contributed by atoms with Crippen LogP contribution >= 0.6 is 0 Å². The zero-order chi connectivity index (χ0) is 34.9. The van der Waals surface area contributed by atoms with Crippen molar-refractivity contribution in [2.24, 2.45) is 17.8 Å². The molecule has 0 aliphatic heterocycles. The molecular formula is C50H42N2O. The highest BCUT2D eigenvalue weighted by molar-refractivity contribution is 6.13. The maximum atomic E-state index is 6.80. The highest BCUT2D eigenvalue weighted by Crippen LogP contribution is 2.62. The molecule has 7 aromatic carbocycles. The van der Waals surface area contributed by atoms with Crippen LogP contribution in [0.5, 0.6) is 0 Å². The molecule has 12 rings (SSSR count). The zero-order valence-electron chi connectivity index (χ0n) is 29.9. The highest BCUT2D eigenvalue weighted by atomic mass is 16.3. The molecule has 0 N–H and O–H groups in total. The Hall–Kier alpha value is -5.80. The summed E-state index contributed by atoms with van der Waals surface area (Å²) in [5.74, 6) is 2.69. The van der Waals surface area contributed by atoms with Gasteiger partial charge in [0.1, 0.15) is 5.58 Å². The fourth-order valence-electron chi connectivity index (χ4n) is 11.1. The molecule has 1 heterocycles. The van der Waals surface area contributed by atoms with E-state index in [4.69, 9.17) is 4.42 Å². The Bertz CT molecular complexity index is 2530. The molecule has 0 spiro atoms. The summed E-state index contributed by atoms with van der Waals surface area (Å²) in [5.41, 5.74) is 10.2. The molecule has 4 aliphatic carbocycles. The topological polar surface area (TPSA) is 19.6 Å². The van der Waals surface area contributed by atoms with Gasteiger partial charge in [-0.15, -0.1) is 0 Å². The van der Waals surface area contributed by atoms with E-state index in [1.165, 1.54) is 55.0 Å². The molecule has 258 valence electrons. The maximum absolute atomic E-state index is 6.80. The van der Waals surface area contributed by atoms with E-state index in [-0.39, 0.29) is 0 Å². The molecule has 1 aromatic heterocycles. The third kappa shape index (κ3) is 5.01. The Morgan fingerprint density at radius 1 is 0.415 bits per heavy atom. The Labute approximate surface area is 311 Å². The van der Waals surface area contributed by atoms with Crippen molar-refractivity contribution in [1.29, 1.82) is 0 Å². The van der Waals surface area contributed by atoms with Gasteiger partial charge in [-0.05, 0) is 133 Å². The Morgan fingerprint density at radius 3 is 1.49 bits per heavy atom. The number of hydrogen-bond donors (Lipinski definition) is 0. The summed E-state index contributed by atoms with van der Waals surface area (Å²) >= 11 is 0. The Balaban J connectivity index is 1.17. The number of benzene rings is 7. The van der Waals surface area contributed by atoms with Gasteiger partial charge in [0.2, 0.25) is 0 Å². The van der Waals surface area contributed by atoms with Crippen LogP contribution in [-0.4, -0.2) is 0 Å². The van der Waals surface area contributed by atoms with Gasteiger partial charge in [-0.2, -0.15) is 0 Å². The van der Waals surface area contributed by atoms with Crippen molar-refractivity contribution in [2.75, 3.05) is 9.80 Å². The van der Waals surface area contributed by atoms with Gasteiger partial charge in [-0.3, -0.25) is 0 Å². The first-order chi connectivity index (χ1) is 26.2. The normalized spacial score (nSPS) is 21.8. The van der Waals surface area contributed by atoms with E-state index in [0.717, 1.165) is 68.1 Å². The summed E-state index contributed by atoms with van der Waals surface area (Å²) in [6.07, 6.45) is 8.42. The van der Waals surface area contributed by atoms with Crippen LogP contribution in [0.1, 0.15) is 44.1 Å². The van der Waals surface area contributed by atoms with Gasteiger partial charge in [0.25, 0.3) is 0 Å². The molecule has 0 atom stereocenters. The number of hydrogen-bond acceptors (Lipinski definition) is 3. The minimum absolute atomic E-state index is 0.304. The summed E-state index contributed by atoms with van der Waals surface area (Å²) < 4.78 is 6.80. The fourth-order valence-corrected chi connectivity index (χ4v) is 11.1. The van der Waals surface area contributed by atoms with E-state index in [9.17, 15) is 0 Å². The van der Waals surface area contributed by atoms with E-state index in [1.807, 2.05) is 0 Å². The molecule has 0 unspecified atom stereocenters. The third-order valence-corrected chi connectivity index (χ3v) is 12.7. The van der Waals surface area contributed by atoms with Gasteiger partial charge in [0.05, 0.1) is 11.4 Å². The Morgan fingerprint density at radius 2 is 0.906 bits per heavy atom. The van der Waals surface area contributed by atoms with E-state index >= 15 is 0 Å². The van der Waals surface area contributed by atoms with Gasteiger partial charge >= 0.3 is 0 Å². The molecule has 4 fully saturated rings. The van der Waals surface area contributed by atoms with Crippen LogP contribution in [0.4, 0.5) is 34.1 Å². The van der Waals surface area contributed by atoms with E-state index < -0.39 is 0 Å². The molecule has 0 amide bonds. The second-order valence-electron chi connectivity index (χ2n) is 16.0. The van der Waals surface area contributed by atoms with Crippen molar-refractivity contribution in [1.82, 2.24) is 0 Å². The summed E-state index contributed by atoms with van der Waals surface area (Å²) in [6, 6.07) is 59.5. The molecule has 3 nitrogen and oxygen atoms in total. The van der Waals surface area contributed by atoms with Crippen molar-refractivity contribution in [3.63, 3.8) is 0 Å². The molecule has 8 aromatic rings. The zero-order valence-corrected chi connectivity index (χ0v) is 29.9. The Kier molecular flexibility index (Phi) is 7.05. The van der Waals surface area contributed by atoms with Crippen molar-refractivity contribution in [3.05, 3.63) is 169 Å². The van der Waals surface area contributed by atoms with Crippen molar-refractivity contribution in [3.8, 4) is 0 Å². The average Bonchev–Trinajstić information content (AvgIpc) is 3.58.